The Morgan fingerprint density at radius 1 is 0.731 bits per heavy atom. The molecule has 2 aliphatic heterocycles. The third-order valence-corrected chi connectivity index (χ3v) is 5.37. The topological polar surface area (TPSA) is 21.7 Å². The minimum Gasteiger partial charge on any atom is -0.454 e. The lowest BCUT2D eigenvalue weighted by Crippen LogP contribution is -2.47. The number of rotatable bonds is 4. The molecule has 0 N–H and O–H groups in total. The SMILES string of the molecule is c1ccc(C(c2ccccc2)N2CC(c3ccc4c(c3)OCO4)C2)cc1. The fourth-order valence-electron chi connectivity index (χ4n) is 3.99. The van der Waals surface area contributed by atoms with Crippen LogP contribution in [0, 0.1) is 0 Å². The van der Waals surface area contributed by atoms with Crippen molar-refractivity contribution in [2.45, 2.75) is 12.0 Å². The molecule has 0 radical (unpaired) electrons. The second-order valence-electron chi connectivity index (χ2n) is 6.99. The number of benzene rings is 3. The molecular weight excluding hydrogens is 322 g/mol. The van der Waals surface area contributed by atoms with Gasteiger partial charge in [-0.15, -0.1) is 0 Å². The van der Waals surface area contributed by atoms with Crippen LogP contribution >= 0.6 is 0 Å². The Morgan fingerprint density at radius 2 is 1.35 bits per heavy atom. The van der Waals surface area contributed by atoms with Gasteiger partial charge in [0.25, 0.3) is 0 Å². The number of hydrogen-bond donors (Lipinski definition) is 0. The highest BCUT2D eigenvalue weighted by Gasteiger charge is 2.35. The van der Waals surface area contributed by atoms with E-state index in [1.165, 1.54) is 16.7 Å². The molecule has 0 aliphatic carbocycles. The molecule has 5 rings (SSSR count). The normalized spacial score (nSPS) is 16.7. The molecule has 0 amide bonds. The summed E-state index contributed by atoms with van der Waals surface area (Å²) in [6.45, 7) is 2.43. The number of likely N-dealkylation sites (tertiary alicyclic amines) is 1. The molecule has 0 bridgehead atoms. The molecule has 1 saturated heterocycles. The van der Waals surface area contributed by atoms with Gasteiger partial charge in [-0.1, -0.05) is 66.7 Å². The number of fused-ring (bicyclic) bond motifs is 1. The van der Waals surface area contributed by atoms with Crippen molar-refractivity contribution in [2.24, 2.45) is 0 Å². The van der Waals surface area contributed by atoms with Gasteiger partial charge in [0.05, 0.1) is 6.04 Å². The van der Waals surface area contributed by atoms with Crippen LogP contribution in [0.2, 0.25) is 0 Å². The van der Waals surface area contributed by atoms with Gasteiger partial charge in [-0.2, -0.15) is 0 Å². The van der Waals surface area contributed by atoms with E-state index in [0.717, 1.165) is 24.6 Å². The summed E-state index contributed by atoms with van der Waals surface area (Å²) in [7, 11) is 0. The van der Waals surface area contributed by atoms with Crippen molar-refractivity contribution in [3.05, 3.63) is 95.6 Å². The molecule has 0 saturated carbocycles. The van der Waals surface area contributed by atoms with Crippen molar-refractivity contribution in [3.63, 3.8) is 0 Å². The zero-order valence-corrected chi connectivity index (χ0v) is 14.5. The van der Waals surface area contributed by atoms with Crippen LogP contribution in [-0.2, 0) is 0 Å². The van der Waals surface area contributed by atoms with Gasteiger partial charge in [-0.3, -0.25) is 4.90 Å². The molecule has 0 atom stereocenters. The minimum absolute atomic E-state index is 0.308. The van der Waals surface area contributed by atoms with E-state index in [1.807, 2.05) is 6.07 Å². The van der Waals surface area contributed by atoms with Gasteiger partial charge in [0.1, 0.15) is 0 Å². The van der Waals surface area contributed by atoms with Gasteiger partial charge in [0.2, 0.25) is 6.79 Å². The highest BCUT2D eigenvalue weighted by Crippen LogP contribution is 2.41. The largest absolute Gasteiger partial charge is 0.454 e. The summed E-state index contributed by atoms with van der Waals surface area (Å²) < 4.78 is 11.0. The summed E-state index contributed by atoms with van der Waals surface area (Å²) in [5.74, 6) is 2.28. The molecular formula is C23H21NO2. The van der Waals surface area contributed by atoms with Gasteiger partial charge in [0.15, 0.2) is 11.5 Å². The highest BCUT2D eigenvalue weighted by molar-refractivity contribution is 5.46. The Balaban J connectivity index is 1.38. The quantitative estimate of drug-likeness (QED) is 0.691. The first-order valence-electron chi connectivity index (χ1n) is 9.12. The van der Waals surface area contributed by atoms with E-state index in [0.29, 0.717) is 18.8 Å². The van der Waals surface area contributed by atoms with E-state index in [2.05, 4.69) is 77.7 Å². The molecule has 3 aromatic carbocycles. The van der Waals surface area contributed by atoms with Crippen LogP contribution in [0.15, 0.2) is 78.9 Å². The molecule has 26 heavy (non-hydrogen) atoms. The molecule has 3 nitrogen and oxygen atoms in total. The molecule has 0 aromatic heterocycles. The molecule has 2 heterocycles. The second kappa shape index (κ2) is 6.50. The van der Waals surface area contributed by atoms with Crippen LogP contribution in [0.5, 0.6) is 11.5 Å². The molecule has 0 unspecified atom stereocenters. The lowest BCUT2D eigenvalue weighted by Gasteiger charge is -2.45. The van der Waals surface area contributed by atoms with Gasteiger partial charge >= 0.3 is 0 Å². The Hall–Kier alpha value is -2.78. The Kier molecular flexibility index (Phi) is 3.87. The van der Waals surface area contributed by atoms with Crippen molar-refractivity contribution >= 4 is 0 Å². The first-order chi connectivity index (χ1) is 12.9. The number of nitrogens with zero attached hydrogens (tertiary/aromatic N) is 1. The average molecular weight is 343 g/mol. The first kappa shape index (κ1) is 15.5. The van der Waals surface area contributed by atoms with Crippen molar-refractivity contribution in [1.82, 2.24) is 4.90 Å². The third kappa shape index (κ3) is 2.74. The predicted octanol–water partition coefficient (Wildman–Crippen LogP) is 4.60. The van der Waals surface area contributed by atoms with E-state index in [-0.39, 0.29) is 0 Å². The lowest BCUT2D eigenvalue weighted by atomic mass is 9.86. The van der Waals surface area contributed by atoms with E-state index >= 15 is 0 Å². The summed E-state index contributed by atoms with van der Waals surface area (Å²) in [6.07, 6.45) is 0. The maximum absolute atomic E-state index is 5.53. The van der Waals surface area contributed by atoms with Gasteiger partial charge < -0.3 is 9.47 Å². The summed E-state index contributed by atoms with van der Waals surface area (Å²) in [5.41, 5.74) is 4.04. The van der Waals surface area contributed by atoms with Gasteiger partial charge in [-0.05, 0) is 28.8 Å². The van der Waals surface area contributed by atoms with Gasteiger partial charge in [0, 0.05) is 19.0 Å². The van der Waals surface area contributed by atoms with Crippen LogP contribution in [0.4, 0.5) is 0 Å². The number of hydrogen-bond acceptors (Lipinski definition) is 3. The second-order valence-corrected chi connectivity index (χ2v) is 6.99. The summed E-state index contributed by atoms with van der Waals surface area (Å²) in [6, 6.07) is 28.2. The summed E-state index contributed by atoms with van der Waals surface area (Å²) in [4.78, 5) is 2.56. The highest BCUT2D eigenvalue weighted by atomic mass is 16.7. The van der Waals surface area contributed by atoms with E-state index in [9.17, 15) is 0 Å². The zero-order valence-electron chi connectivity index (χ0n) is 14.5. The van der Waals surface area contributed by atoms with Crippen LogP contribution in [0.3, 0.4) is 0 Å². The number of ether oxygens (including phenoxy) is 2. The van der Waals surface area contributed by atoms with Crippen LogP contribution < -0.4 is 9.47 Å². The zero-order chi connectivity index (χ0) is 17.3. The fraction of sp³-hybridized carbons (Fsp3) is 0.217. The monoisotopic (exact) mass is 343 g/mol. The molecule has 130 valence electrons. The Labute approximate surface area is 153 Å². The van der Waals surface area contributed by atoms with E-state index < -0.39 is 0 Å². The smallest absolute Gasteiger partial charge is 0.231 e. The van der Waals surface area contributed by atoms with E-state index in [1.54, 1.807) is 0 Å². The maximum atomic E-state index is 5.53. The first-order valence-corrected chi connectivity index (χ1v) is 9.12. The maximum Gasteiger partial charge on any atom is 0.231 e. The van der Waals surface area contributed by atoms with Crippen LogP contribution in [0.25, 0.3) is 0 Å². The van der Waals surface area contributed by atoms with Crippen LogP contribution in [-0.4, -0.2) is 24.8 Å². The minimum atomic E-state index is 0.308. The molecule has 3 aromatic rings. The molecule has 2 aliphatic rings. The molecule has 0 spiro atoms. The average Bonchev–Trinajstić information content (AvgIpc) is 3.13. The third-order valence-electron chi connectivity index (χ3n) is 5.37. The van der Waals surface area contributed by atoms with E-state index in [4.69, 9.17) is 9.47 Å². The summed E-state index contributed by atoms with van der Waals surface area (Å²) >= 11 is 0. The van der Waals surface area contributed by atoms with Crippen molar-refractivity contribution < 1.29 is 9.47 Å². The fourth-order valence-corrected chi connectivity index (χ4v) is 3.99. The molecule has 3 heteroatoms. The lowest BCUT2D eigenvalue weighted by molar-refractivity contribution is 0.111. The predicted molar refractivity (Wildman–Crippen MR) is 102 cm³/mol. The van der Waals surface area contributed by atoms with Crippen molar-refractivity contribution in [1.29, 1.82) is 0 Å². The Morgan fingerprint density at radius 3 is 2.00 bits per heavy atom. The Bertz CT molecular complexity index is 849. The van der Waals surface area contributed by atoms with Crippen molar-refractivity contribution in [2.75, 3.05) is 19.9 Å². The van der Waals surface area contributed by atoms with Gasteiger partial charge in [-0.25, -0.2) is 0 Å². The van der Waals surface area contributed by atoms with Crippen molar-refractivity contribution in [3.8, 4) is 11.5 Å². The standard InChI is InChI=1S/C23H21NO2/c1-3-7-17(8-4-1)23(18-9-5-2-6-10-18)24-14-20(15-24)19-11-12-21-22(13-19)26-16-25-21/h1-13,20,23H,14-16H2. The summed E-state index contributed by atoms with van der Waals surface area (Å²) in [5, 5.41) is 0. The molecule has 1 fully saturated rings. The van der Waals surface area contributed by atoms with Crippen LogP contribution in [0.1, 0.15) is 28.7 Å².